The lowest BCUT2D eigenvalue weighted by Gasteiger charge is -2.08. The van der Waals surface area contributed by atoms with Crippen molar-refractivity contribution >= 4 is 17.7 Å². The standard InChI is InChI=1S/C14H14N2OS/c1-11-4-3-9-16(10-11)15-14(18)12-5-7-13(17-2)8-6-12/h3-10H,1-2H3. The van der Waals surface area contributed by atoms with Crippen LogP contribution in [-0.4, -0.2) is 12.2 Å². The first-order valence-corrected chi connectivity index (χ1v) is 5.98. The first kappa shape index (κ1) is 12.5. The van der Waals surface area contributed by atoms with Crippen molar-refractivity contribution in [2.24, 2.45) is 5.10 Å². The van der Waals surface area contributed by atoms with Crippen molar-refractivity contribution in [1.82, 2.24) is 0 Å². The van der Waals surface area contributed by atoms with E-state index in [4.69, 9.17) is 17.4 Å². The van der Waals surface area contributed by atoms with Gasteiger partial charge in [0.2, 0.25) is 12.4 Å². The van der Waals surface area contributed by atoms with Crippen LogP contribution < -0.4 is 9.41 Å². The van der Waals surface area contributed by atoms with Crippen molar-refractivity contribution in [2.45, 2.75) is 6.92 Å². The summed E-state index contributed by atoms with van der Waals surface area (Å²) in [7, 11) is 1.64. The van der Waals surface area contributed by atoms with E-state index in [9.17, 15) is 0 Å². The minimum atomic E-state index is 0.549. The second kappa shape index (κ2) is 5.60. The Morgan fingerprint density at radius 2 is 1.94 bits per heavy atom. The Morgan fingerprint density at radius 1 is 1.22 bits per heavy atom. The van der Waals surface area contributed by atoms with E-state index in [1.807, 2.05) is 55.7 Å². The van der Waals surface area contributed by atoms with E-state index < -0.39 is 0 Å². The van der Waals surface area contributed by atoms with Crippen LogP contribution in [0.25, 0.3) is 0 Å². The molecule has 0 aliphatic heterocycles. The molecule has 0 amide bonds. The summed E-state index contributed by atoms with van der Waals surface area (Å²) in [5.41, 5.74) is 2.04. The Labute approximate surface area is 112 Å². The molecule has 1 aromatic carbocycles. The molecule has 0 bridgehead atoms. The topological polar surface area (TPSA) is 25.5 Å². The lowest BCUT2D eigenvalue weighted by molar-refractivity contribution is -0.678. The number of pyridine rings is 1. The summed E-state index contributed by atoms with van der Waals surface area (Å²) in [4.78, 5) is 0. The van der Waals surface area contributed by atoms with Gasteiger partial charge in [-0.05, 0) is 40.8 Å². The summed E-state index contributed by atoms with van der Waals surface area (Å²) in [5.74, 6) is 0.810. The third kappa shape index (κ3) is 3.05. The monoisotopic (exact) mass is 258 g/mol. The van der Waals surface area contributed by atoms with Gasteiger partial charge in [-0.1, -0.05) is 16.8 Å². The van der Waals surface area contributed by atoms with E-state index in [0.29, 0.717) is 5.04 Å². The maximum absolute atomic E-state index is 5.30. The fraction of sp³-hybridized carbons (Fsp3) is 0.143. The van der Waals surface area contributed by atoms with Crippen molar-refractivity contribution < 1.29 is 9.41 Å². The van der Waals surface area contributed by atoms with Gasteiger partial charge in [0.1, 0.15) is 5.75 Å². The first-order valence-electron chi connectivity index (χ1n) is 5.57. The zero-order valence-corrected chi connectivity index (χ0v) is 11.1. The van der Waals surface area contributed by atoms with Crippen molar-refractivity contribution in [1.29, 1.82) is 0 Å². The fourth-order valence-corrected chi connectivity index (χ4v) is 1.77. The van der Waals surface area contributed by atoms with Gasteiger partial charge in [-0.3, -0.25) is 0 Å². The van der Waals surface area contributed by atoms with Crippen LogP contribution in [0, 0.1) is 6.92 Å². The average Bonchev–Trinajstić information content (AvgIpc) is 2.39. The fourth-order valence-electron chi connectivity index (χ4n) is 1.54. The Balaban J connectivity index is 2.26. The van der Waals surface area contributed by atoms with Crippen LogP contribution in [0.4, 0.5) is 0 Å². The molecule has 0 atom stereocenters. The predicted octanol–water partition coefficient (Wildman–Crippen LogP) is 2.05. The molecule has 0 radical (unpaired) electrons. The van der Waals surface area contributed by atoms with Gasteiger partial charge in [-0.2, -0.15) is 0 Å². The number of nitrogens with zero attached hydrogens (tertiary/aromatic N) is 2. The molecule has 0 N–H and O–H groups in total. The van der Waals surface area contributed by atoms with E-state index in [1.165, 1.54) is 0 Å². The predicted molar refractivity (Wildman–Crippen MR) is 73.7 cm³/mol. The number of hydrogen-bond acceptors (Lipinski definition) is 3. The lowest BCUT2D eigenvalue weighted by Crippen LogP contribution is -2.28. The third-order valence-electron chi connectivity index (χ3n) is 2.48. The summed E-state index contributed by atoms with van der Waals surface area (Å²) >= 11 is 5.30. The van der Waals surface area contributed by atoms with E-state index in [2.05, 4.69) is 5.10 Å². The Kier molecular flexibility index (Phi) is 3.89. The molecule has 92 valence electrons. The smallest absolute Gasteiger partial charge is 0.205 e. The first-order chi connectivity index (χ1) is 8.69. The minimum Gasteiger partial charge on any atom is -0.754 e. The molecule has 0 aliphatic carbocycles. The maximum Gasteiger partial charge on any atom is 0.205 e. The molecule has 0 aliphatic rings. The molecule has 1 heterocycles. The molecule has 4 heteroatoms. The van der Waals surface area contributed by atoms with Crippen molar-refractivity contribution in [3.8, 4) is 5.75 Å². The number of rotatable bonds is 3. The summed E-state index contributed by atoms with van der Waals surface area (Å²) in [6.07, 6.45) is 3.79. The SMILES string of the molecule is COc1ccc(/C([S-])=N\[n+]2cccc(C)c2)cc1. The van der Waals surface area contributed by atoms with Crippen molar-refractivity contribution in [3.63, 3.8) is 0 Å². The highest BCUT2D eigenvalue weighted by Gasteiger charge is 1.99. The Morgan fingerprint density at radius 3 is 2.56 bits per heavy atom. The molecule has 2 rings (SSSR count). The average molecular weight is 258 g/mol. The van der Waals surface area contributed by atoms with Crippen LogP contribution in [0.3, 0.4) is 0 Å². The lowest BCUT2D eigenvalue weighted by atomic mass is 10.2. The van der Waals surface area contributed by atoms with Crippen LogP contribution >= 0.6 is 0 Å². The molecule has 1 aromatic heterocycles. The second-order valence-corrected chi connectivity index (χ2v) is 4.28. The summed E-state index contributed by atoms with van der Waals surface area (Å²) in [5, 5.41) is 4.90. The van der Waals surface area contributed by atoms with Gasteiger partial charge < -0.3 is 17.4 Å². The zero-order valence-electron chi connectivity index (χ0n) is 10.3. The molecule has 2 aromatic rings. The highest BCUT2D eigenvalue weighted by atomic mass is 32.1. The van der Waals surface area contributed by atoms with E-state index in [-0.39, 0.29) is 0 Å². The second-order valence-electron chi connectivity index (χ2n) is 3.89. The van der Waals surface area contributed by atoms with Crippen LogP contribution in [0.2, 0.25) is 0 Å². The maximum atomic E-state index is 5.30. The molecule has 0 unspecified atom stereocenters. The van der Waals surface area contributed by atoms with E-state index >= 15 is 0 Å². The highest BCUT2D eigenvalue weighted by molar-refractivity contribution is 7.78. The molecule has 0 saturated carbocycles. The minimum absolute atomic E-state index is 0.549. The van der Waals surface area contributed by atoms with Gasteiger partial charge in [0, 0.05) is 11.6 Å². The number of ether oxygens (including phenoxy) is 1. The summed E-state index contributed by atoms with van der Waals surface area (Å²) in [6, 6.07) is 11.5. The van der Waals surface area contributed by atoms with Gasteiger partial charge in [0.15, 0.2) is 0 Å². The number of methoxy groups -OCH3 is 1. The summed E-state index contributed by atoms with van der Waals surface area (Å²) in [6.45, 7) is 2.02. The number of aryl methyl sites for hydroxylation is 1. The van der Waals surface area contributed by atoms with Crippen molar-refractivity contribution in [3.05, 3.63) is 59.9 Å². The van der Waals surface area contributed by atoms with E-state index in [1.54, 1.807) is 11.8 Å². The van der Waals surface area contributed by atoms with Crippen LogP contribution in [0.15, 0.2) is 53.9 Å². The molecule has 18 heavy (non-hydrogen) atoms. The third-order valence-corrected chi connectivity index (χ3v) is 2.79. The molecule has 0 saturated heterocycles. The van der Waals surface area contributed by atoms with E-state index in [0.717, 1.165) is 16.9 Å². The van der Waals surface area contributed by atoms with Gasteiger partial charge >= 0.3 is 0 Å². The molecular weight excluding hydrogens is 244 g/mol. The van der Waals surface area contributed by atoms with Crippen LogP contribution in [0.5, 0.6) is 5.75 Å². The quantitative estimate of drug-likeness (QED) is 0.364. The van der Waals surface area contributed by atoms with Gasteiger partial charge in [-0.15, -0.1) is 0 Å². The highest BCUT2D eigenvalue weighted by Crippen LogP contribution is 2.11. The molecular formula is C14H14N2OS. The van der Waals surface area contributed by atoms with Gasteiger partial charge in [0.25, 0.3) is 0 Å². The molecule has 3 nitrogen and oxygen atoms in total. The van der Waals surface area contributed by atoms with Gasteiger partial charge in [0.05, 0.1) is 7.11 Å². The number of benzene rings is 1. The van der Waals surface area contributed by atoms with Gasteiger partial charge in [-0.25, -0.2) is 0 Å². The molecule has 0 fully saturated rings. The van der Waals surface area contributed by atoms with Crippen LogP contribution in [0.1, 0.15) is 11.1 Å². The zero-order chi connectivity index (χ0) is 13.0. The number of aromatic nitrogens is 1. The normalized spacial score (nSPS) is 11.3. The van der Waals surface area contributed by atoms with Crippen LogP contribution in [-0.2, 0) is 12.6 Å². The number of hydrogen-bond donors (Lipinski definition) is 0. The Bertz CT molecular complexity index is 564. The summed E-state index contributed by atoms with van der Waals surface area (Å²) < 4.78 is 6.83. The largest absolute Gasteiger partial charge is 0.754 e. The van der Waals surface area contributed by atoms with Crippen molar-refractivity contribution in [2.75, 3.05) is 7.11 Å². The Hall–Kier alpha value is -1.94. The molecule has 0 spiro atoms.